The van der Waals surface area contributed by atoms with E-state index < -0.39 is 5.97 Å². The lowest BCUT2D eigenvalue weighted by Gasteiger charge is -2.06. The van der Waals surface area contributed by atoms with Crippen molar-refractivity contribution < 1.29 is 14.6 Å². The first-order valence-corrected chi connectivity index (χ1v) is 7.07. The zero-order chi connectivity index (χ0) is 15.2. The number of carbonyl (C=O) groups is 1. The number of ether oxygens (including phenoxy) is 1. The zero-order valence-electron chi connectivity index (χ0n) is 12.2. The van der Waals surface area contributed by atoms with E-state index in [9.17, 15) is 4.79 Å². The fraction of sp³-hybridized carbons (Fsp3) is 0.400. The van der Waals surface area contributed by atoms with Gasteiger partial charge in [0.25, 0.3) is 0 Å². The maximum absolute atomic E-state index is 11.2. The molecule has 0 saturated heterocycles. The van der Waals surface area contributed by atoms with Gasteiger partial charge in [0.15, 0.2) is 5.75 Å². The quantitative estimate of drug-likeness (QED) is 0.847. The lowest BCUT2D eigenvalue weighted by molar-refractivity contribution is 0.0696. The second-order valence-electron chi connectivity index (χ2n) is 4.78. The number of hydrogen-bond acceptors (Lipinski definition) is 4. The molecule has 2 aromatic rings. The molecule has 2 aromatic heterocycles. The normalized spacial score (nSPS) is 10.6. The Morgan fingerprint density at radius 1 is 1.33 bits per heavy atom. The van der Waals surface area contributed by atoms with Crippen LogP contribution >= 0.6 is 0 Å². The predicted octanol–water partition coefficient (Wildman–Crippen LogP) is 3.13. The van der Waals surface area contributed by atoms with Crippen LogP contribution in [0.4, 0.5) is 0 Å². The van der Waals surface area contributed by atoms with E-state index in [1.807, 2.05) is 6.92 Å². The van der Waals surface area contributed by atoms with E-state index in [4.69, 9.17) is 9.84 Å². The molecule has 0 bridgehead atoms. The second-order valence-corrected chi connectivity index (χ2v) is 4.78. The molecule has 0 aromatic carbocycles. The van der Waals surface area contributed by atoms with Crippen LogP contribution in [-0.2, 0) is 13.0 Å². The first-order chi connectivity index (χ1) is 10.1. The molecule has 6 heteroatoms. The Hall–Kier alpha value is -2.37. The summed E-state index contributed by atoms with van der Waals surface area (Å²) in [6, 6.07) is 3.01. The Balaban J connectivity index is 2.22. The van der Waals surface area contributed by atoms with E-state index in [1.54, 1.807) is 23.1 Å². The summed E-state index contributed by atoms with van der Waals surface area (Å²) in [6.45, 7) is 4.90. The number of aryl methyl sites for hydroxylation is 2. The second kappa shape index (κ2) is 6.88. The van der Waals surface area contributed by atoms with Gasteiger partial charge >= 0.3 is 5.97 Å². The van der Waals surface area contributed by atoms with Gasteiger partial charge < -0.3 is 9.84 Å². The van der Waals surface area contributed by atoms with Crippen molar-refractivity contribution in [3.8, 4) is 11.6 Å². The van der Waals surface area contributed by atoms with Crippen molar-refractivity contribution in [1.29, 1.82) is 0 Å². The topological polar surface area (TPSA) is 77.2 Å². The number of aromatic nitrogens is 3. The number of hydrogen-bond donors (Lipinski definition) is 1. The number of carboxylic acids is 1. The molecule has 0 aliphatic carbocycles. The summed E-state index contributed by atoms with van der Waals surface area (Å²) in [5.74, 6) is -0.142. The van der Waals surface area contributed by atoms with Crippen LogP contribution < -0.4 is 4.74 Å². The summed E-state index contributed by atoms with van der Waals surface area (Å²) in [7, 11) is 0. The highest BCUT2D eigenvalue weighted by Crippen LogP contribution is 2.21. The lowest BCUT2D eigenvalue weighted by Crippen LogP contribution is -2.02. The van der Waals surface area contributed by atoms with E-state index >= 15 is 0 Å². The molecular formula is C15H19N3O3. The molecular weight excluding hydrogens is 270 g/mol. The molecule has 0 unspecified atom stereocenters. The zero-order valence-corrected chi connectivity index (χ0v) is 12.2. The summed E-state index contributed by atoms with van der Waals surface area (Å²) in [4.78, 5) is 15.5. The fourth-order valence-electron chi connectivity index (χ4n) is 1.99. The van der Waals surface area contributed by atoms with Gasteiger partial charge in [-0.1, -0.05) is 20.3 Å². The van der Waals surface area contributed by atoms with E-state index in [2.05, 4.69) is 17.0 Å². The molecule has 0 aliphatic rings. The standard InChI is InChI=1S/C15H19N3O3/c1-3-5-12-7-11(15(19)20)8-14(17-12)21-13-9-16-18(10-13)6-4-2/h7-10H,3-6H2,1-2H3,(H,19,20). The molecule has 0 amide bonds. The third-order valence-corrected chi connectivity index (χ3v) is 2.89. The van der Waals surface area contributed by atoms with E-state index in [-0.39, 0.29) is 11.4 Å². The first-order valence-electron chi connectivity index (χ1n) is 7.07. The SMILES string of the molecule is CCCc1cc(C(=O)O)cc(Oc2cnn(CCC)c2)n1. The molecule has 0 radical (unpaired) electrons. The van der Waals surface area contributed by atoms with Gasteiger partial charge in [-0.15, -0.1) is 0 Å². The minimum atomic E-state index is -0.985. The summed E-state index contributed by atoms with van der Waals surface area (Å²) < 4.78 is 7.41. The molecule has 6 nitrogen and oxygen atoms in total. The van der Waals surface area contributed by atoms with Crippen molar-refractivity contribution in [1.82, 2.24) is 14.8 Å². The van der Waals surface area contributed by atoms with Crippen molar-refractivity contribution in [2.45, 2.75) is 39.7 Å². The van der Waals surface area contributed by atoms with Gasteiger partial charge in [-0.25, -0.2) is 9.78 Å². The fourth-order valence-corrected chi connectivity index (χ4v) is 1.99. The molecule has 0 fully saturated rings. The van der Waals surface area contributed by atoms with Gasteiger partial charge in [0.2, 0.25) is 5.88 Å². The van der Waals surface area contributed by atoms with E-state index in [0.29, 0.717) is 17.9 Å². The number of pyridine rings is 1. The van der Waals surface area contributed by atoms with Crippen molar-refractivity contribution in [3.05, 3.63) is 35.8 Å². The third kappa shape index (κ3) is 4.05. The van der Waals surface area contributed by atoms with Crippen molar-refractivity contribution in [3.63, 3.8) is 0 Å². The van der Waals surface area contributed by atoms with Gasteiger partial charge in [0.05, 0.1) is 18.0 Å². The molecule has 0 saturated carbocycles. The van der Waals surface area contributed by atoms with Gasteiger partial charge in [0.1, 0.15) is 0 Å². The summed E-state index contributed by atoms with van der Waals surface area (Å²) in [6.07, 6.45) is 5.97. The third-order valence-electron chi connectivity index (χ3n) is 2.89. The summed E-state index contributed by atoms with van der Waals surface area (Å²) >= 11 is 0. The lowest BCUT2D eigenvalue weighted by atomic mass is 10.1. The number of aromatic carboxylic acids is 1. The van der Waals surface area contributed by atoms with Crippen LogP contribution in [0.5, 0.6) is 11.6 Å². The molecule has 2 heterocycles. The Morgan fingerprint density at radius 3 is 2.81 bits per heavy atom. The first kappa shape index (κ1) is 15.0. The Labute approximate surface area is 123 Å². The Kier molecular flexibility index (Phi) is 4.92. The highest BCUT2D eigenvalue weighted by atomic mass is 16.5. The van der Waals surface area contributed by atoms with Crippen LogP contribution in [0.3, 0.4) is 0 Å². The van der Waals surface area contributed by atoms with Gasteiger partial charge in [0, 0.05) is 18.3 Å². The minimum Gasteiger partial charge on any atom is -0.478 e. The van der Waals surface area contributed by atoms with Crippen molar-refractivity contribution in [2.24, 2.45) is 0 Å². The van der Waals surface area contributed by atoms with Crippen LogP contribution in [0.1, 0.15) is 42.7 Å². The molecule has 0 spiro atoms. The average Bonchev–Trinajstić information content (AvgIpc) is 2.86. The summed E-state index contributed by atoms with van der Waals surface area (Å²) in [5.41, 5.74) is 0.901. The minimum absolute atomic E-state index is 0.185. The molecule has 112 valence electrons. The van der Waals surface area contributed by atoms with Crippen LogP contribution in [0, 0.1) is 0 Å². The monoisotopic (exact) mass is 289 g/mol. The number of rotatable bonds is 7. The maximum atomic E-state index is 11.2. The molecule has 0 aliphatic heterocycles. The van der Waals surface area contributed by atoms with Crippen molar-refractivity contribution in [2.75, 3.05) is 0 Å². The van der Waals surface area contributed by atoms with Crippen LogP contribution in [-0.4, -0.2) is 25.8 Å². The number of carboxylic acid groups (broad SMARTS) is 1. The molecule has 21 heavy (non-hydrogen) atoms. The Bertz CT molecular complexity index is 622. The largest absolute Gasteiger partial charge is 0.478 e. The van der Waals surface area contributed by atoms with Gasteiger partial charge in [-0.05, 0) is 18.9 Å². The van der Waals surface area contributed by atoms with Gasteiger partial charge in [-0.2, -0.15) is 5.10 Å². The van der Waals surface area contributed by atoms with Crippen molar-refractivity contribution >= 4 is 5.97 Å². The van der Waals surface area contributed by atoms with Crippen LogP contribution in [0.2, 0.25) is 0 Å². The molecule has 1 N–H and O–H groups in total. The number of nitrogens with zero attached hydrogens (tertiary/aromatic N) is 3. The predicted molar refractivity (Wildman–Crippen MR) is 77.8 cm³/mol. The van der Waals surface area contributed by atoms with Crippen LogP contribution in [0.15, 0.2) is 24.5 Å². The highest BCUT2D eigenvalue weighted by Gasteiger charge is 2.10. The van der Waals surface area contributed by atoms with E-state index in [1.165, 1.54) is 6.07 Å². The van der Waals surface area contributed by atoms with Crippen LogP contribution in [0.25, 0.3) is 0 Å². The van der Waals surface area contributed by atoms with E-state index in [0.717, 1.165) is 19.4 Å². The average molecular weight is 289 g/mol. The smallest absolute Gasteiger partial charge is 0.335 e. The highest BCUT2D eigenvalue weighted by molar-refractivity contribution is 5.88. The Morgan fingerprint density at radius 2 is 2.14 bits per heavy atom. The van der Waals surface area contributed by atoms with Gasteiger partial charge in [-0.3, -0.25) is 4.68 Å². The molecule has 0 atom stereocenters. The maximum Gasteiger partial charge on any atom is 0.335 e. The molecule has 2 rings (SSSR count). The summed E-state index contributed by atoms with van der Waals surface area (Å²) in [5, 5.41) is 13.3.